The number of hydrogen-bond acceptors (Lipinski definition) is 4. The molecule has 0 saturated carbocycles. The fourth-order valence-electron chi connectivity index (χ4n) is 2.16. The number of aliphatic hydroxyl groups excluding tert-OH is 2. The maximum Gasteiger partial charge on any atom is 0.138 e. The van der Waals surface area contributed by atoms with Crippen molar-refractivity contribution in [1.82, 2.24) is 9.97 Å². The Morgan fingerprint density at radius 3 is 2.68 bits per heavy atom. The zero-order valence-corrected chi connectivity index (χ0v) is 12.5. The topological polar surface area (TPSA) is 81.2 Å². The van der Waals surface area contributed by atoms with Gasteiger partial charge in [0.25, 0.3) is 0 Å². The van der Waals surface area contributed by atoms with E-state index in [2.05, 4.69) is 15.3 Å². The number of hydrogen-bond donors (Lipinski definition) is 4. The monoisotopic (exact) mass is 317 g/mol. The summed E-state index contributed by atoms with van der Waals surface area (Å²) in [5.41, 5.74) is 3.57. The number of benzene rings is 2. The van der Waals surface area contributed by atoms with Crippen LogP contribution in [0.4, 0.5) is 5.69 Å². The minimum atomic E-state index is -0.776. The van der Waals surface area contributed by atoms with Gasteiger partial charge in [0.05, 0.1) is 23.7 Å². The molecule has 0 fully saturated rings. The summed E-state index contributed by atoms with van der Waals surface area (Å²) >= 11 is 5.89. The van der Waals surface area contributed by atoms with Crippen molar-refractivity contribution in [2.75, 3.05) is 18.5 Å². The predicted molar refractivity (Wildman–Crippen MR) is 88.1 cm³/mol. The molecule has 1 heterocycles. The van der Waals surface area contributed by atoms with E-state index in [9.17, 15) is 5.11 Å². The Hall–Kier alpha value is -2.08. The summed E-state index contributed by atoms with van der Waals surface area (Å²) in [4.78, 5) is 7.82. The van der Waals surface area contributed by atoms with E-state index >= 15 is 0 Å². The van der Waals surface area contributed by atoms with E-state index in [-0.39, 0.29) is 6.61 Å². The Morgan fingerprint density at radius 1 is 1.18 bits per heavy atom. The molecule has 1 aromatic heterocycles. The molecular formula is C16H16ClN3O2. The molecule has 0 aliphatic rings. The van der Waals surface area contributed by atoms with Gasteiger partial charge in [0.1, 0.15) is 5.82 Å². The molecule has 3 aromatic rings. The van der Waals surface area contributed by atoms with Gasteiger partial charge >= 0.3 is 0 Å². The highest BCUT2D eigenvalue weighted by molar-refractivity contribution is 6.30. The predicted octanol–water partition coefficient (Wildman–Crippen LogP) is 2.65. The highest BCUT2D eigenvalue weighted by Crippen LogP contribution is 2.24. The van der Waals surface area contributed by atoms with Crippen LogP contribution in [0.5, 0.6) is 0 Å². The molecule has 0 bridgehead atoms. The molecule has 4 N–H and O–H groups in total. The highest BCUT2D eigenvalue weighted by atomic mass is 35.5. The molecule has 0 radical (unpaired) electrons. The zero-order chi connectivity index (χ0) is 15.5. The zero-order valence-electron chi connectivity index (χ0n) is 11.8. The first-order valence-electron chi connectivity index (χ1n) is 6.94. The molecular weight excluding hydrogens is 302 g/mol. The van der Waals surface area contributed by atoms with E-state index < -0.39 is 6.10 Å². The SMILES string of the molecule is OCC(O)CNc1ccc2nc(-c3ccc(Cl)cc3)[nH]c2c1. The largest absolute Gasteiger partial charge is 0.394 e. The Labute approximate surface area is 132 Å². The van der Waals surface area contributed by atoms with Crippen LogP contribution in [0.15, 0.2) is 42.5 Å². The summed E-state index contributed by atoms with van der Waals surface area (Å²) in [5.74, 6) is 0.777. The lowest BCUT2D eigenvalue weighted by Gasteiger charge is -2.09. The molecule has 0 aliphatic heterocycles. The van der Waals surface area contributed by atoms with Crippen LogP contribution in [0.2, 0.25) is 5.02 Å². The molecule has 5 nitrogen and oxygen atoms in total. The molecule has 2 aromatic carbocycles. The third-order valence-corrected chi connectivity index (χ3v) is 3.60. The maximum atomic E-state index is 9.36. The standard InChI is InChI=1S/C16H16ClN3O2/c17-11-3-1-10(2-4-11)16-19-14-6-5-12(7-15(14)20-16)18-8-13(22)9-21/h1-7,13,18,21-22H,8-9H2,(H,19,20). The van der Waals surface area contributed by atoms with Crippen LogP contribution in [0.3, 0.4) is 0 Å². The third kappa shape index (κ3) is 3.22. The summed E-state index contributed by atoms with van der Waals surface area (Å²) in [6.07, 6.45) is -0.776. The molecule has 1 unspecified atom stereocenters. The summed E-state index contributed by atoms with van der Waals surface area (Å²) in [6.45, 7) is 0.0280. The van der Waals surface area contributed by atoms with Crippen molar-refractivity contribution in [3.05, 3.63) is 47.5 Å². The van der Waals surface area contributed by atoms with Gasteiger partial charge in [-0.25, -0.2) is 4.98 Å². The Bertz CT molecular complexity index is 771. The summed E-state index contributed by atoms with van der Waals surface area (Å²) in [7, 11) is 0. The van der Waals surface area contributed by atoms with E-state index in [0.29, 0.717) is 11.6 Å². The molecule has 1 atom stereocenters. The van der Waals surface area contributed by atoms with Crippen molar-refractivity contribution in [1.29, 1.82) is 0 Å². The number of aromatic amines is 1. The van der Waals surface area contributed by atoms with Crippen molar-refractivity contribution in [2.24, 2.45) is 0 Å². The van der Waals surface area contributed by atoms with Crippen molar-refractivity contribution < 1.29 is 10.2 Å². The van der Waals surface area contributed by atoms with Gasteiger partial charge in [-0.05, 0) is 42.5 Å². The minimum Gasteiger partial charge on any atom is -0.394 e. The van der Waals surface area contributed by atoms with E-state index in [1.807, 2.05) is 42.5 Å². The maximum absolute atomic E-state index is 9.36. The molecule has 114 valence electrons. The normalized spacial score (nSPS) is 12.5. The van der Waals surface area contributed by atoms with Gasteiger partial charge in [0.15, 0.2) is 0 Å². The number of rotatable bonds is 5. The second-order valence-corrected chi connectivity index (χ2v) is 5.48. The number of fused-ring (bicyclic) bond motifs is 1. The lowest BCUT2D eigenvalue weighted by Crippen LogP contribution is -2.22. The number of nitrogens with zero attached hydrogens (tertiary/aromatic N) is 1. The number of anilines is 1. The molecule has 0 spiro atoms. The number of aromatic nitrogens is 2. The summed E-state index contributed by atoms with van der Waals surface area (Å²) in [6, 6.07) is 13.2. The molecule has 6 heteroatoms. The van der Waals surface area contributed by atoms with Crippen molar-refractivity contribution >= 4 is 28.3 Å². The smallest absolute Gasteiger partial charge is 0.138 e. The van der Waals surface area contributed by atoms with Crippen LogP contribution in [0.25, 0.3) is 22.4 Å². The Balaban J connectivity index is 1.85. The molecule has 22 heavy (non-hydrogen) atoms. The number of halogens is 1. The molecule has 3 rings (SSSR count). The van der Waals surface area contributed by atoms with Gasteiger partial charge in [-0.2, -0.15) is 0 Å². The van der Waals surface area contributed by atoms with Crippen molar-refractivity contribution in [3.63, 3.8) is 0 Å². The highest BCUT2D eigenvalue weighted by Gasteiger charge is 2.07. The van der Waals surface area contributed by atoms with Gasteiger partial charge < -0.3 is 20.5 Å². The van der Waals surface area contributed by atoms with E-state index in [4.69, 9.17) is 16.7 Å². The van der Waals surface area contributed by atoms with Gasteiger partial charge in [0, 0.05) is 22.8 Å². The lowest BCUT2D eigenvalue weighted by atomic mass is 10.2. The first-order valence-corrected chi connectivity index (χ1v) is 7.32. The fourth-order valence-corrected chi connectivity index (χ4v) is 2.29. The second kappa shape index (κ2) is 6.36. The third-order valence-electron chi connectivity index (χ3n) is 3.35. The summed E-state index contributed by atoms with van der Waals surface area (Å²) in [5, 5.41) is 21.9. The van der Waals surface area contributed by atoms with Crippen LogP contribution in [0.1, 0.15) is 0 Å². The Morgan fingerprint density at radius 2 is 1.95 bits per heavy atom. The van der Waals surface area contributed by atoms with Gasteiger partial charge in [-0.1, -0.05) is 11.6 Å². The summed E-state index contributed by atoms with van der Waals surface area (Å²) < 4.78 is 0. The minimum absolute atomic E-state index is 0.264. The van der Waals surface area contributed by atoms with Crippen molar-refractivity contribution in [2.45, 2.75) is 6.10 Å². The molecule has 0 saturated heterocycles. The van der Waals surface area contributed by atoms with Gasteiger partial charge in [0.2, 0.25) is 0 Å². The first kappa shape index (κ1) is 14.8. The van der Waals surface area contributed by atoms with Crippen LogP contribution in [0, 0.1) is 0 Å². The van der Waals surface area contributed by atoms with Gasteiger partial charge in [-0.15, -0.1) is 0 Å². The van der Waals surface area contributed by atoms with Gasteiger partial charge in [-0.3, -0.25) is 0 Å². The fraction of sp³-hybridized carbons (Fsp3) is 0.188. The average Bonchev–Trinajstić information content (AvgIpc) is 2.96. The van der Waals surface area contributed by atoms with Crippen LogP contribution < -0.4 is 5.32 Å². The first-order chi connectivity index (χ1) is 10.7. The number of H-pyrrole nitrogens is 1. The molecule has 0 amide bonds. The van der Waals surface area contributed by atoms with Crippen LogP contribution in [-0.4, -0.2) is 39.4 Å². The second-order valence-electron chi connectivity index (χ2n) is 5.04. The Kier molecular flexibility index (Phi) is 4.29. The van der Waals surface area contributed by atoms with Crippen molar-refractivity contribution in [3.8, 4) is 11.4 Å². The number of nitrogens with one attached hydrogen (secondary N) is 2. The van der Waals surface area contributed by atoms with Crippen LogP contribution >= 0.6 is 11.6 Å². The van der Waals surface area contributed by atoms with E-state index in [0.717, 1.165) is 28.1 Å². The van der Waals surface area contributed by atoms with E-state index in [1.54, 1.807) is 0 Å². The van der Waals surface area contributed by atoms with E-state index in [1.165, 1.54) is 0 Å². The lowest BCUT2D eigenvalue weighted by molar-refractivity contribution is 0.105. The number of imidazole rings is 1. The quantitative estimate of drug-likeness (QED) is 0.583. The average molecular weight is 318 g/mol. The number of aliphatic hydroxyl groups is 2. The van der Waals surface area contributed by atoms with Crippen LogP contribution in [-0.2, 0) is 0 Å². The molecule has 0 aliphatic carbocycles.